The van der Waals surface area contributed by atoms with Gasteiger partial charge in [0.05, 0.1) is 0 Å². The van der Waals surface area contributed by atoms with Crippen molar-refractivity contribution in [2.75, 3.05) is 19.6 Å². The fourth-order valence-electron chi connectivity index (χ4n) is 3.78. The lowest BCUT2D eigenvalue weighted by molar-refractivity contribution is 0.108. The van der Waals surface area contributed by atoms with Gasteiger partial charge in [0.25, 0.3) is 0 Å². The molecule has 0 aromatic carbocycles. The van der Waals surface area contributed by atoms with Gasteiger partial charge in [-0.25, -0.2) is 0 Å². The van der Waals surface area contributed by atoms with E-state index in [1.807, 2.05) is 10.9 Å². The zero-order valence-corrected chi connectivity index (χ0v) is 12.5. The average molecular weight is 274 g/mol. The molecule has 110 valence electrons. The molecule has 20 heavy (non-hydrogen) atoms. The second-order valence-electron chi connectivity index (χ2n) is 6.95. The molecule has 1 N–H and O–H groups in total. The van der Waals surface area contributed by atoms with E-state index in [1.54, 1.807) is 0 Å². The molecule has 2 heterocycles. The summed E-state index contributed by atoms with van der Waals surface area (Å²) in [5, 5.41) is 8.11. The Labute approximate surface area is 121 Å². The Kier molecular flexibility index (Phi) is 3.31. The number of nitrogens with one attached hydrogen (secondary N) is 1. The van der Waals surface area contributed by atoms with Crippen molar-refractivity contribution in [3.8, 4) is 0 Å². The van der Waals surface area contributed by atoms with Crippen LogP contribution in [0.1, 0.15) is 31.4 Å². The van der Waals surface area contributed by atoms with Gasteiger partial charge >= 0.3 is 0 Å². The number of piperazine rings is 1. The monoisotopic (exact) mass is 274 g/mol. The van der Waals surface area contributed by atoms with E-state index >= 15 is 0 Å². The number of rotatable bonds is 5. The molecule has 2 aliphatic carbocycles. The Morgan fingerprint density at radius 3 is 2.70 bits per heavy atom. The zero-order valence-electron chi connectivity index (χ0n) is 12.5. The minimum absolute atomic E-state index is 0.761. The molecule has 3 aliphatic rings. The van der Waals surface area contributed by atoms with Crippen LogP contribution in [0.15, 0.2) is 12.3 Å². The first-order valence-corrected chi connectivity index (χ1v) is 8.25. The van der Waals surface area contributed by atoms with Crippen LogP contribution in [0.4, 0.5) is 0 Å². The van der Waals surface area contributed by atoms with Crippen LogP contribution in [0, 0.1) is 11.8 Å². The summed E-state index contributed by atoms with van der Waals surface area (Å²) in [5.74, 6) is 1.93. The van der Waals surface area contributed by atoms with E-state index in [-0.39, 0.29) is 0 Å². The molecule has 1 saturated heterocycles. The molecule has 3 fully saturated rings. The van der Waals surface area contributed by atoms with Crippen molar-refractivity contribution in [1.29, 1.82) is 0 Å². The summed E-state index contributed by atoms with van der Waals surface area (Å²) in [7, 11) is 2.05. The highest BCUT2D eigenvalue weighted by Gasteiger charge is 2.42. The average Bonchev–Trinajstić information content (AvgIpc) is 3.36. The summed E-state index contributed by atoms with van der Waals surface area (Å²) >= 11 is 0. The maximum Gasteiger partial charge on any atom is 0.0492 e. The van der Waals surface area contributed by atoms with E-state index in [4.69, 9.17) is 0 Å². The highest BCUT2D eigenvalue weighted by Crippen LogP contribution is 2.39. The van der Waals surface area contributed by atoms with Crippen LogP contribution < -0.4 is 5.32 Å². The Bertz CT molecular complexity index is 461. The van der Waals surface area contributed by atoms with E-state index in [2.05, 4.69) is 28.4 Å². The van der Waals surface area contributed by atoms with Crippen LogP contribution in [-0.2, 0) is 13.5 Å². The fraction of sp³-hybridized carbons (Fsp3) is 0.812. The smallest absolute Gasteiger partial charge is 0.0492 e. The second kappa shape index (κ2) is 5.15. The van der Waals surface area contributed by atoms with Gasteiger partial charge in [-0.2, -0.15) is 5.10 Å². The van der Waals surface area contributed by atoms with Crippen LogP contribution in [0.5, 0.6) is 0 Å². The molecule has 0 amide bonds. The highest BCUT2D eigenvalue weighted by atomic mass is 15.3. The van der Waals surface area contributed by atoms with Gasteiger partial charge in [-0.15, -0.1) is 0 Å². The molecule has 0 bridgehead atoms. The van der Waals surface area contributed by atoms with E-state index in [0.717, 1.165) is 30.3 Å². The Morgan fingerprint density at radius 2 is 2.05 bits per heavy atom. The lowest BCUT2D eigenvalue weighted by atomic mass is 10.0. The van der Waals surface area contributed by atoms with Gasteiger partial charge in [-0.3, -0.25) is 9.58 Å². The van der Waals surface area contributed by atoms with Crippen LogP contribution >= 0.6 is 0 Å². The minimum atomic E-state index is 0.761. The number of nitrogens with zero attached hydrogens (tertiary/aromatic N) is 3. The predicted octanol–water partition coefficient (Wildman–Crippen LogP) is 1.42. The third-order valence-corrected chi connectivity index (χ3v) is 5.42. The topological polar surface area (TPSA) is 33.1 Å². The van der Waals surface area contributed by atoms with Crippen LogP contribution in [0.2, 0.25) is 0 Å². The summed E-state index contributed by atoms with van der Waals surface area (Å²) < 4.78 is 2.02. The van der Waals surface area contributed by atoms with Crippen LogP contribution in [0.3, 0.4) is 0 Å². The van der Waals surface area contributed by atoms with E-state index in [0.29, 0.717) is 0 Å². The lowest BCUT2D eigenvalue weighted by Crippen LogP contribution is -2.58. The molecule has 0 spiro atoms. The van der Waals surface area contributed by atoms with Gasteiger partial charge in [-0.1, -0.05) is 0 Å². The minimum Gasteiger partial charge on any atom is -0.311 e. The SMILES string of the molecule is Cn1nccc1CCN1CC(C2CC2)NCC1C1CC1. The summed E-state index contributed by atoms with van der Waals surface area (Å²) in [5.41, 5.74) is 1.36. The molecule has 1 aromatic rings. The second-order valence-corrected chi connectivity index (χ2v) is 6.95. The fourth-order valence-corrected chi connectivity index (χ4v) is 3.78. The Morgan fingerprint density at radius 1 is 1.25 bits per heavy atom. The molecule has 2 atom stereocenters. The Hall–Kier alpha value is -0.870. The van der Waals surface area contributed by atoms with E-state index < -0.39 is 0 Å². The number of aryl methyl sites for hydroxylation is 1. The molecule has 4 heteroatoms. The van der Waals surface area contributed by atoms with Gasteiger partial charge in [0.1, 0.15) is 0 Å². The van der Waals surface area contributed by atoms with Gasteiger partial charge in [0, 0.05) is 57.1 Å². The van der Waals surface area contributed by atoms with E-state index in [9.17, 15) is 0 Å². The summed E-state index contributed by atoms with van der Waals surface area (Å²) in [6.07, 6.45) is 8.84. The third kappa shape index (κ3) is 2.63. The molecule has 0 radical (unpaired) electrons. The lowest BCUT2D eigenvalue weighted by Gasteiger charge is -2.41. The van der Waals surface area contributed by atoms with Gasteiger partial charge < -0.3 is 5.32 Å². The number of hydrogen-bond acceptors (Lipinski definition) is 3. The zero-order chi connectivity index (χ0) is 13.5. The van der Waals surface area contributed by atoms with Crippen molar-refractivity contribution in [3.05, 3.63) is 18.0 Å². The first-order valence-electron chi connectivity index (χ1n) is 8.25. The molecule has 1 aliphatic heterocycles. The normalized spacial score (nSPS) is 31.6. The predicted molar refractivity (Wildman–Crippen MR) is 79.5 cm³/mol. The molecule has 4 nitrogen and oxygen atoms in total. The standard InChI is InChI=1S/C16H26N4/c1-19-14(6-8-18-19)7-9-20-11-15(12-2-3-12)17-10-16(20)13-4-5-13/h6,8,12-13,15-17H,2-5,7,9-11H2,1H3. The number of aromatic nitrogens is 2. The van der Waals surface area contributed by atoms with Gasteiger partial charge in [-0.05, 0) is 43.6 Å². The quantitative estimate of drug-likeness (QED) is 0.881. The Balaban J connectivity index is 1.40. The van der Waals surface area contributed by atoms with Crippen LogP contribution in [-0.4, -0.2) is 46.4 Å². The largest absolute Gasteiger partial charge is 0.311 e. The van der Waals surface area contributed by atoms with Crippen molar-refractivity contribution in [1.82, 2.24) is 20.0 Å². The van der Waals surface area contributed by atoms with Crippen LogP contribution in [0.25, 0.3) is 0 Å². The van der Waals surface area contributed by atoms with Crippen molar-refractivity contribution >= 4 is 0 Å². The van der Waals surface area contributed by atoms with Crippen molar-refractivity contribution in [2.24, 2.45) is 18.9 Å². The van der Waals surface area contributed by atoms with E-state index in [1.165, 1.54) is 51.0 Å². The maximum absolute atomic E-state index is 4.29. The molecule has 2 saturated carbocycles. The van der Waals surface area contributed by atoms with Crippen molar-refractivity contribution < 1.29 is 0 Å². The summed E-state index contributed by atoms with van der Waals surface area (Å²) in [4.78, 5) is 2.78. The summed E-state index contributed by atoms with van der Waals surface area (Å²) in [6, 6.07) is 3.71. The third-order valence-electron chi connectivity index (χ3n) is 5.42. The summed E-state index contributed by atoms with van der Waals surface area (Å²) in [6.45, 7) is 3.69. The molecular formula is C16H26N4. The number of hydrogen-bond donors (Lipinski definition) is 1. The van der Waals surface area contributed by atoms with Crippen molar-refractivity contribution in [2.45, 2.75) is 44.2 Å². The maximum atomic E-state index is 4.29. The molecular weight excluding hydrogens is 248 g/mol. The first kappa shape index (κ1) is 12.8. The highest BCUT2D eigenvalue weighted by molar-refractivity contribution is 5.03. The van der Waals surface area contributed by atoms with Gasteiger partial charge in [0.2, 0.25) is 0 Å². The molecule has 4 rings (SSSR count). The van der Waals surface area contributed by atoms with Gasteiger partial charge in [0.15, 0.2) is 0 Å². The molecule has 2 unspecified atom stereocenters. The first-order chi connectivity index (χ1) is 9.81. The molecule has 1 aromatic heterocycles. The van der Waals surface area contributed by atoms with Crippen molar-refractivity contribution in [3.63, 3.8) is 0 Å².